The van der Waals surface area contributed by atoms with Crippen LogP contribution >= 0.6 is 23.2 Å². The van der Waals surface area contributed by atoms with Gasteiger partial charge in [0.25, 0.3) is 5.56 Å². The Morgan fingerprint density at radius 1 is 0.971 bits per heavy atom. The van der Waals surface area contributed by atoms with Gasteiger partial charge >= 0.3 is 6.03 Å². The summed E-state index contributed by atoms with van der Waals surface area (Å²) < 4.78 is 6.54. The van der Waals surface area contributed by atoms with Gasteiger partial charge in [-0.1, -0.05) is 41.4 Å². The highest BCUT2D eigenvalue weighted by molar-refractivity contribution is 6.39. The van der Waals surface area contributed by atoms with E-state index in [0.29, 0.717) is 18.0 Å². The fourth-order valence-electron chi connectivity index (χ4n) is 3.33. The van der Waals surface area contributed by atoms with Gasteiger partial charge in [-0.3, -0.25) is 14.8 Å². The van der Waals surface area contributed by atoms with Crippen LogP contribution in [0.15, 0.2) is 66.0 Å². The number of hydrogen-bond acceptors (Lipinski definition) is 6. The van der Waals surface area contributed by atoms with Crippen LogP contribution in [0.1, 0.15) is 6.92 Å². The van der Waals surface area contributed by atoms with E-state index in [0.717, 1.165) is 16.7 Å². The number of benzene rings is 1. The lowest BCUT2D eigenvalue weighted by molar-refractivity contribution is 0.262. The zero-order valence-electron chi connectivity index (χ0n) is 18.8. The Hall–Kier alpha value is -3.95. The van der Waals surface area contributed by atoms with Crippen molar-refractivity contribution in [3.8, 4) is 28.1 Å². The number of anilines is 2. The normalized spacial score (nSPS) is 10.6. The molecule has 0 aliphatic carbocycles. The van der Waals surface area contributed by atoms with Crippen molar-refractivity contribution in [2.75, 3.05) is 17.7 Å². The van der Waals surface area contributed by atoms with Gasteiger partial charge in [-0.15, -0.1) is 0 Å². The molecule has 4 aromatic rings. The van der Waals surface area contributed by atoms with E-state index in [1.165, 1.54) is 23.1 Å². The summed E-state index contributed by atoms with van der Waals surface area (Å²) in [5.74, 6) is 0.637. The monoisotopic (exact) mass is 510 g/mol. The maximum Gasteiger partial charge on any atom is 0.323 e. The molecule has 35 heavy (non-hydrogen) atoms. The van der Waals surface area contributed by atoms with Crippen molar-refractivity contribution >= 4 is 40.6 Å². The predicted octanol–water partition coefficient (Wildman–Crippen LogP) is 5.35. The molecule has 0 bridgehead atoms. The van der Waals surface area contributed by atoms with E-state index in [-0.39, 0.29) is 21.4 Å². The number of aromatic nitrogens is 4. The van der Waals surface area contributed by atoms with Crippen molar-refractivity contribution in [2.45, 2.75) is 13.5 Å². The minimum atomic E-state index is -0.687. The number of urea groups is 1. The lowest BCUT2D eigenvalue weighted by Crippen LogP contribution is -2.29. The van der Waals surface area contributed by atoms with E-state index in [1.807, 2.05) is 30.3 Å². The number of nitrogens with zero attached hydrogens (tertiary/aromatic N) is 4. The fraction of sp³-hybridized carbons (Fsp3) is 0.125. The van der Waals surface area contributed by atoms with E-state index >= 15 is 0 Å². The average Bonchev–Trinajstić information content (AvgIpc) is 2.87. The van der Waals surface area contributed by atoms with Crippen molar-refractivity contribution in [2.24, 2.45) is 0 Å². The average molecular weight is 511 g/mol. The molecule has 0 spiro atoms. The van der Waals surface area contributed by atoms with Crippen LogP contribution in [0.4, 0.5) is 16.2 Å². The Morgan fingerprint density at radius 3 is 2.40 bits per heavy atom. The van der Waals surface area contributed by atoms with Crippen molar-refractivity contribution in [3.63, 3.8) is 0 Å². The first kappa shape index (κ1) is 24.2. The highest BCUT2D eigenvalue weighted by Gasteiger charge is 2.15. The summed E-state index contributed by atoms with van der Waals surface area (Å²) in [6.45, 7) is 2.10. The number of ether oxygens (including phenoxy) is 1. The first-order valence-electron chi connectivity index (χ1n) is 10.5. The summed E-state index contributed by atoms with van der Waals surface area (Å²) in [6, 6.07) is 10.3. The topological polar surface area (TPSA) is 111 Å². The van der Waals surface area contributed by atoms with E-state index in [9.17, 15) is 9.59 Å². The number of aryl methyl sites for hydroxylation is 1. The molecule has 0 unspecified atom stereocenters. The Balaban J connectivity index is 1.67. The van der Waals surface area contributed by atoms with Gasteiger partial charge < -0.3 is 15.4 Å². The molecule has 0 saturated heterocycles. The Labute approximate surface area is 210 Å². The molecule has 0 aliphatic rings. The van der Waals surface area contributed by atoms with Gasteiger partial charge in [0.05, 0.1) is 34.7 Å². The largest absolute Gasteiger partial charge is 0.495 e. The van der Waals surface area contributed by atoms with E-state index in [2.05, 4.69) is 25.7 Å². The maximum absolute atomic E-state index is 12.8. The molecule has 178 valence electrons. The van der Waals surface area contributed by atoms with Crippen molar-refractivity contribution in [1.29, 1.82) is 0 Å². The summed E-state index contributed by atoms with van der Waals surface area (Å²) in [5.41, 5.74) is 2.77. The molecular formula is C24H20Cl2N6O3. The smallest absolute Gasteiger partial charge is 0.323 e. The number of halogens is 2. The SMILES string of the molecule is CCn1nc(-c2cccc(-c3cncc(OC)c3)c2)cc(NC(=O)Nc2c(Cl)cncc2Cl)c1=O. The molecule has 0 saturated carbocycles. The second-order valence-corrected chi connectivity index (χ2v) is 8.13. The third kappa shape index (κ3) is 5.42. The molecule has 1 aromatic carbocycles. The van der Waals surface area contributed by atoms with E-state index in [4.69, 9.17) is 27.9 Å². The summed E-state index contributed by atoms with van der Waals surface area (Å²) in [7, 11) is 1.58. The molecule has 0 atom stereocenters. The molecule has 3 heterocycles. The quantitative estimate of drug-likeness (QED) is 0.361. The van der Waals surface area contributed by atoms with Gasteiger partial charge in [0.1, 0.15) is 11.4 Å². The summed E-state index contributed by atoms with van der Waals surface area (Å²) in [6.07, 6.45) is 6.06. The number of rotatable bonds is 6. The van der Waals surface area contributed by atoms with Gasteiger partial charge in [-0.25, -0.2) is 9.48 Å². The standard InChI is InChI=1S/C24H20Cl2N6O3/c1-3-32-23(33)21(29-24(34)30-22-18(25)12-28-13-19(22)26)9-20(31-32)15-6-4-5-14(7-15)16-8-17(35-2)11-27-10-16/h4-13H,3H2,1-2H3,(H2,28,29,30,34). The van der Waals surface area contributed by atoms with Gasteiger partial charge in [-0.05, 0) is 30.7 Å². The second kappa shape index (κ2) is 10.5. The molecule has 11 heteroatoms. The summed E-state index contributed by atoms with van der Waals surface area (Å²) >= 11 is 12.1. The fourth-order valence-corrected chi connectivity index (χ4v) is 3.79. The first-order valence-corrected chi connectivity index (χ1v) is 11.2. The van der Waals surface area contributed by atoms with Crippen molar-refractivity contribution in [1.82, 2.24) is 19.7 Å². The molecule has 3 aromatic heterocycles. The second-order valence-electron chi connectivity index (χ2n) is 7.32. The maximum atomic E-state index is 12.8. The number of methoxy groups -OCH3 is 1. The molecule has 0 fully saturated rings. The molecule has 2 N–H and O–H groups in total. The Kier molecular flexibility index (Phi) is 7.28. The Bertz CT molecular complexity index is 1440. The number of carbonyl (C=O) groups is 1. The van der Waals surface area contributed by atoms with Crippen LogP contribution in [-0.4, -0.2) is 32.9 Å². The third-order valence-corrected chi connectivity index (χ3v) is 5.63. The van der Waals surface area contributed by atoms with Crippen LogP contribution in [0, 0.1) is 0 Å². The number of nitrogens with one attached hydrogen (secondary N) is 2. The molecule has 0 aliphatic heterocycles. The van der Waals surface area contributed by atoms with Gasteiger partial charge in [0.15, 0.2) is 0 Å². The zero-order valence-corrected chi connectivity index (χ0v) is 20.3. The highest BCUT2D eigenvalue weighted by Crippen LogP contribution is 2.29. The van der Waals surface area contributed by atoms with E-state index in [1.54, 1.807) is 26.4 Å². The summed E-state index contributed by atoms with van der Waals surface area (Å²) in [5, 5.41) is 9.90. The molecule has 9 nitrogen and oxygen atoms in total. The highest BCUT2D eigenvalue weighted by atomic mass is 35.5. The summed E-state index contributed by atoms with van der Waals surface area (Å²) in [4.78, 5) is 33.5. The van der Waals surface area contributed by atoms with Crippen LogP contribution in [0.3, 0.4) is 0 Å². The first-order chi connectivity index (χ1) is 16.9. The van der Waals surface area contributed by atoms with Crippen molar-refractivity contribution in [3.05, 3.63) is 81.6 Å². The lowest BCUT2D eigenvalue weighted by Gasteiger charge is -2.13. The zero-order chi connectivity index (χ0) is 24.9. The number of amides is 2. The number of pyridine rings is 2. The van der Waals surface area contributed by atoms with Crippen LogP contribution < -0.4 is 20.9 Å². The van der Waals surface area contributed by atoms with E-state index < -0.39 is 11.6 Å². The molecule has 0 radical (unpaired) electrons. The van der Waals surface area contributed by atoms with Crippen LogP contribution in [0.5, 0.6) is 5.75 Å². The minimum Gasteiger partial charge on any atom is -0.495 e. The van der Waals surface area contributed by atoms with Crippen LogP contribution in [0.2, 0.25) is 10.0 Å². The van der Waals surface area contributed by atoms with Crippen molar-refractivity contribution < 1.29 is 9.53 Å². The van der Waals surface area contributed by atoms with Crippen LogP contribution in [0.25, 0.3) is 22.4 Å². The minimum absolute atomic E-state index is 0.0455. The molecule has 4 rings (SSSR count). The lowest BCUT2D eigenvalue weighted by atomic mass is 10.0. The molecule has 2 amide bonds. The number of hydrogen-bond donors (Lipinski definition) is 2. The van der Waals surface area contributed by atoms with Gasteiger partial charge in [0, 0.05) is 36.3 Å². The third-order valence-electron chi connectivity index (χ3n) is 5.05. The Morgan fingerprint density at radius 2 is 1.69 bits per heavy atom. The van der Waals surface area contributed by atoms with Gasteiger partial charge in [-0.2, -0.15) is 5.10 Å². The predicted molar refractivity (Wildman–Crippen MR) is 136 cm³/mol. The van der Waals surface area contributed by atoms with Crippen LogP contribution in [-0.2, 0) is 6.54 Å². The van der Waals surface area contributed by atoms with Gasteiger partial charge in [0.2, 0.25) is 0 Å². The number of carbonyl (C=O) groups excluding carboxylic acids is 1. The molecular weight excluding hydrogens is 491 g/mol.